The average Bonchev–Trinajstić information content (AvgIpc) is 2.97. The molecule has 0 saturated carbocycles. The average molecular weight is 350 g/mol. The van der Waals surface area contributed by atoms with Gasteiger partial charge in [0, 0.05) is 16.0 Å². The van der Waals surface area contributed by atoms with Crippen molar-refractivity contribution in [1.82, 2.24) is 0 Å². The van der Waals surface area contributed by atoms with Crippen molar-refractivity contribution in [2.45, 2.75) is 26.7 Å². The van der Waals surface area contributed by atoms with Crippen LogP contribution in [-0.4, -0.2) is 6.61 Å². The highest BCUT2D eigenvalue weighted by molar-refractivity contribution is 7.19. The van der Waals surface area contributed by atoms with Crippen molar-refractivity contribution in [3.63, 3.8) is 0 Å². The van der Waals surface area contributed by atoms with Gasteiger partial charge in [-0.05, 0) is 36.9 Å². The van der Waals surface area contributed by atoms with Gasteiger partial charge in [-0.2, -0.15) is 4.39 Å². The van der Waals surface area contributed by atoms with E-state index < -0.39 is 17.5 Å². The maximum atomic E-state index is 14.9. The maximum Gasteiger partial charge on any atom is 0.201 e. The van der Waals surface area contributed by atoms with Crippen LogP contribution < -0.4 is 4.74 Å². The van der Waals surface area contributed by atoms with E-state index in [1.807, 2.05) is 6.07 Å². The Morgan fingerprint density at radius 1 is 0.917 bits per heavy atom. The highest BCUT2D eigenvalue weighted by atomic mass is 32.1. The molecule has 24 heavy (non-hydrogen) atoms. The number of rotatable bonds is 5. The van der Waals surface area contributed by atoms with Crippen LogP contribution in [0.15, 0.2) is 30.3 Å². The predicted octanol–water partition coefficient (Wildman–Crippen LogP) is 6.34. The predicted molar refractivity (Wildman–Crippen MR) is 92.3 cm³/mol. The van der Waals surface area contributed by atoms with E-state index in [1.54, 1.807) is 13.0 Å². The van der Waals surface area contributed by atoms with Crippen molar-refractivity contribution >= 4 is 21.4 Å². The van der Waals surface area contributed by atoms with Gasteiger partial charge in [0.1, 0.15) is 5.82 Å². The van der Waals surface area contributed by atoms with E-state index in [2.05, 4.69) is 6.92 Å². The molecule has 0 bridgehead atoms. The van der Waals surface area contributed by atoms with Crippen LogP contribution in [0.25, 0.3) is 21.2 Å². The Labute approximate surface area is 142 Å². The molecule has 3 rings (SSSR count). The summed E-state index contributed by atoms with van der Waals surface area (Å²) in [6.45, 7) is 3.97. The minimum atomic E-state index is -1.09. The van der Waals surface area contributed by atoms with E-state index in [0.717, 1.165) is 23.1 Å². The fraction of sp³-hybridized carbons (Fsp3) is 0.263. The van der Waals surface area contributed by atoms with Gasteiger partial charge in [-0.1, -0.05) is 25.5 Å². The second-order valence-corrected chi connectivity index (χ2v) is 6.62. The quantitative estimate of drug-likeness (QED) is 0.522. The first-order chi connectivity index (χ1) is 11.6. The molecular weight excluding hydrogens is 333 g/mol. The zero-order valence-corrected chi connectivity index (χ0v) is 14.3. The Hall–Kier alpha value is -2.01. The molecule has 1 aromatic heterocycles. The Morgan fingerprint density at radius 2 is 1.62 bits per heavy atom. The molecular formula is C19H17F3OS. The molecule has 0 atom stereocenters. The third-order valence-electron chi connectivity index (χ3n) is 3.81. The van der Waals surface area contributed by atoms with Crippen molar-refractivity contribution < 1.29 is 17.9 Å². The third-order valence-corrected chi connectivity index (χ3v) is 5.01. The lowest BCUT2D eigenvalue weighted by Gasteiger charge is -2.10. The molecule has 5 heteroatoms. The Balaban J connectivity index is 2.12. The molecule has 1 heterocycles. The Bertz CT molecular complexity index is 886. The molecule has 0 unspecified atom stereocenters. The topological polar surface area (TPSA) is 9.23 Å². The van der Waals surface area contributed by atoms with Crippen LogP contribution in [0, 0.1) is 17.5 Å². The first kappa shape index (κ1) is 16.8. The third kappa shape index (κ3) is 2.88. The molecule has 126 valence electrons. The van der Waals surface area contributed by atoms with E-state index in [4.69, 9.17) is 4.74 Å². The van der Waals surface area contributed by atoms with E-state index in [-0.39, 0.29) is 23.5 Å². The number of benzene rings is 2. The number of fused-ring (bicyclic) bond motifs is 1. The van der Waals surface area contributed by atoms with Crippen LogP contribution in [0.3, 0.4) is 0 Å². The summed E-state index contributed by atoms with van der Waals surface area (Å²) in [5.41, 5.74) is -0.0346. The second-order valence-electron chi connectivity index (χ2n) is 5.48. The first-order valence-corrected chi connectivity index (χ1v) is 8.70. The summed E-state index contributed by atoms with van der Waals surface area (Å²) >= 11 is 1.36. The molecule has 1 nitrogen and oxygen atoms in total. The number of aryl methyl sites for hydroxylation is 1. The molecule has 0 radical (unpaired) electrons. The van der Waals surface area contributed by atoms with Crippen LogP contribution in [0.1, 0.15) is 25.1 Å². The first-order valence-electron chi connectivity index (χ1n) is 7.88. The van der Waals surface area contributed by atoms with Crippen LogP contribution in [0.4, 0.5) is 13.2 Å². The Kier molecular flexibility index (Phi) is 4.81. The van der Waals surface area contributed by atoms with Crippen molar-refractivity contribution in [1.29, 1.82) is 0 Å². The van der Waals surface area contributed by atoms with Gasteiger partial charge < -0.3 is 4.74 Å². The highest BCUT2D eigenvalue weighted by Gasteiger charge is 2.20. The van der Waals surface area contributed by atoms with Gasteiger partial charge in [0.2, 0.25) is 5.82 Å². The van der Waals surface area contributed by atoms with Gasteiger partial charge in [0.15, 0.2) is 11.6 Å². The minimum Gasteiger partial charge on any atom is -0.491 e. The smallest absolute Gasteiger partial charge is 0.201 e. The van der Waals surface area contributed by atoms with E-state index in [0.29, 0.717) is 4.70 Å². The zero-order valence-electron chi connectivity index (χ0n) is 13.5. The van der Waals surface area contributed by atoms with Crippen LogP contribution in [0.2, 0.25) is 0 Å². The van der Waals surface area contributed by atoms with Gasteiger partial charge in [0.25, 0.3) is 0 Å². The summed E-state index contributed by atoms with van der Waals surface area (Å²) in [6.07, 6.45) is 1.85. The molecule has 0 N–H and O–H groups in total. The number of hydrogen-bond acceptors (Lipinski definition) is 2. The minimum absolute atomic E-state index is 0.0619. The van der Waals surface area contributed by atoms with Crippen LogP contribution in [-0.2, 0) is 6.42 Å². The summed E-state index contributed by atoms with van der Waals surface area (Å²) in [4.78, 5) is 1.09. The molecule has 0 spiro atoms. The van der Waals surface area contributed by atoms with E-state index in [1.165, 1.54) is 29.5 Å². The standard InChI is InChI=1S/C19H17F3OS/c1-3-5-12-10-11-6-7-14(17(21)19(11)24-12)13-8-9-15(23-4-2)18(22)16(13)20/h6-10H,3-5H2,1-2H3. The molecule has 0 fully saturated rings. The lowest BCUT2D eigenvalue weighted by molar-refractivity contribution is 0.314. The SMILES string of the molecule is CCCc1cc2ccc(-c3ccc(OCC)c(F)c3F)c(F)c2s1. The summed E-state index contributed by atoms with van der Waals surface area (Å²) in [6, 6.07) is 7.88. The van der Waals surface area contributed by atoms with E-state index >= 15 is 0 Å². The number of thiophene rings is 1. The molecule has 0 aliphatic heterocycles. The lowest BCUT2D eigenvalue weighted by Crippen LogP contribution is -1.99. The monoisotopic (exact) mass is 350 g/mol. The van der Waals surface area contributed by atoms with Gasteiger partial charge in [-0.3, -0.25) is 0 Å². The van der Waals surface area contributed by atoms with Crippen LogP contribution >= 0.6 is 11.3 Å². The van der Waals surface area contributed by atoms with Crippen molar-refractivity contribution in [3.05, 3.63) is 52.7 Å². The van der Waals surface area contributed by atoms with Gasteiger partial charge in [0.05, 0.1) is 11.3 Å². The normalized spacial score (nSPS) is 11.2. The summed E-state index contributed by atoms with van der Waals surface area (Å²) < 4.78 is 48.8. The highest BCUT2D eigenvalue weighted by Crippen LogP contribution is 2.37. The van der Waals surface area contributed by atoms with Gasteiger partial charge in [-0.15, -0.1) is 11.3 Å². The number of ether oxygens (including phenoxy) is 1. The van der Waals surface area contributed by atoms with Crippen molar-refractivity contribution in [3.8, 4) is 16.9 Å². The zero-order chi connectivity index (χ0) is 17.3. The molecule has 2 aromatic carbocycles. The molecule has 0 aliphatic rings. The molecule has 0 aliphatic carbocycles. The largest absolute Gasteiger partial charge is 0.491 e. The fourth-order valence-electron chi connectivity index (χ4n) is 2.71. The molecule has 0 saturated heterocycles. The second kappa shape index (κ2) is 6.85. The molecule has 3 aromatic rings. The molecule has 0 amide bonds. The van der Waals surface area contributed by atoms with Gasteiger partial charge >= 0.3 is 0 Å². The Morgan fingerprint density at radius 3 is 2.33 bits per heavy atom. The number of hydrogen-bond donors (Lipinski definition) is 0. The fourth-order valence-corrected chi connectivity index (χ4v) is 3.91. The van der Waals surface area contributed by atoms with E-state index in [9.17, 15) is 13.2 Å². The lowest BCUT2D eigenvalue weighted by atomic mass is 10.0. The number of halogens is 3. The summed E-state index contributed by atoms with van der Waals surface area (Å²) in [5.74, 6) is -2.86. The van der Waals surface area contributed by atoms with Crippen LogP contribution in [0.5, 0.6) is 5.75 Å². The van der Waals surface area contributed by atoms with Gasteiger partial charge in [-0.25, -0.2) is 8.78 Å². The van der Waals surface area contributed by atoms with Crippen molar-refractivity contribution in [2.75, 3.05) is 6.61 Å². The maximum absolute atomic E-state index is 14.9. The summed E-state index contributed by atoms with van der Waals surface area (Å²) in [5, 5.41) is 0.788. The van der Waals surface area contributed by atoms with Crippen molar-refractivity contribution in [2.24, 2.45) is 0 Å². The summed E-state index contributed by atoms with van der Waals surface area (Å²) in [7, 11) is 0.